The Kier molecular flexibility index (Phi) is 9.45. The van der Waals surface area contributed by atoms with Crippen LogP contribution in [-0.4, -0.2) is 38.1 Å². The van der Waals surface area contributed by atoms with Gasteiger partial charge in [0.05, 0.1) is 0 Å². The minimum absolute atomic E-state index is 0.0552. The average molecular weight is 425 g/mol. The number of halogens is 2. The monoisotopic (exact) mass is 424 g/mol. The molecule has 6 nitrogen and oxygen atoms in total. The highest BCUT2D eigenvalue weighted by Gasteiger charge is 2.04. The Labute approximate surface area is 174 Å². The zero-order valence-electron chi connectivity index (χ0n) is 15.3. The fourth-order valence-electron chi connectivity index (χ4n) is 2.17. The highest BCUT2D eigenvalue weighted by molar-refractivity contribution is 6.30. The molecule has 2 N–H and O–H groups in total. The van der Waals surface area contributed by atoms with E-state index in [4.69, 9.17) is 32.7 Å². The smallest absolute Gasteiger partial charge is 0.257 e. The van der Waals surface area contributed by atoms with Crippen molar-refractivity contribution < 1.29 is 19.1 Å². The summed E-state index contributed by atoms with van der Waals surface area (Å²) in [7, 11) is 0. The number of unbranched alkanes of at least 4 members (excludes halogenated alkanes) is 1. The van der Waals surface area contributed by atoms with Crippen LogP contribution in [0.4, 0.5) is 0 Å². The quantitative estimate of drug-likeness (QED) is 0.541. The molecule has 0 aliphatic carbocycles. The lowest BCUT2D eigenvalue weighted by atomic mass is 10.3. The average Bonchev–Trinajstić information content (AvgIpc) is 2.69. The summed E-state index contributed by atoms with van der Waals surface area (Å²) in [4.78, 5) is 23.4. The van der Waals surface area contributed by atoms with Crippen molar-refractivity contribution in [3.63, 3.8) is 0 Å². The van der Waals surface area contributed by atoms with Crippen molar-refractivity contribution in [2.75, 3.05) is 26.3 Å². The van der Waals surface area contributed by atoms with Gasteiger partial charge in [0, 0.05) is 23.1 Å². The van der Waals surface area contributed by atoms with E-state index < -0.39 is 0 Å². The SMILES string of the molecule is O=C(COc1ccc(Cl)cc1)NCCCCNC(=O)COc1ccc(Cl)cc1. The number of nitrogens with one attached hydrogen (secondary N) is 2. The van der Waals surface area contributed by atoms with Crippen LogP contribution in [0.5, 0.6) is 11.5 Å². The summed E-state index contributed by atoms with van der Waals surface area (Å²) in [6.45, 7) is 0.917. The zero-order valence-corrected chi connectivity index (χ0v) is 16.8. The third kappa shape index (κ3) is 8.97. The number of carbonyl (C=O) groups is 2. The summed E-state index contributed by atoms with van der Waals surface area (Å²) in [6.07, 6.45) is 1.48. The topological polar surface area (TPSA) is 76.7 Å². The van der Waals surface area contributed by atoms with Gasteiger partial charge in [0.1, 0.15) is 11.5 Å². The molecule has 2 aromatic carbocycles. The second-order valence-electron chi connectivity index (χ2n) is 5.89. The van der Waals surface area contributed by atoms with Crippen LogP contribution >= 0.6 is 23.2 Å². The molecular formula is C20H22Cl2N2O4. The molecular weight excluding hydrogens is 403 g/mol. The number of ether oxygens (including phenoxy) is 2. The molecule has 0 spiro atoms. The van der Waals surface area contributed by atoms with Crippen molar-refractivity contribution in [2.24, 2.45) is 0 Å². The summed E-state index contributed by atoms with van der Waals surface area (Å²) >= 11 is 11.6. The molecule has 0 radical (unpaired) electrons. The van der Waals surface area contributed by atoms with Gasteiger partial charge in [-0.2, -0.15) is 0 Å². The highest BCUT2D eigenvalue weighted by Crippen LogP contribution is 2.16. The van der Waals surface area contributed by atoms with E-state index in [9.17, 15) is 9.59 Å². The molecule has 2 amide bonds. The van der Waals surface area contributed by atoms with E-state index in [1.54, 1.807) is 48.5 Å². The molecule has 0 aliphatic rings. The maximum absolute atomic E-state index is 11.7. The van der Waals surface area contributed by atoms with Gasteiger partial charge in [0.15, 0.2) is 13.2 Å². The van der Waals surface area contributed by atoms with Crippen LogP contribution in [0.15, 0.2) is 48.5 Å². The van der Waals surface area contributed by atoms with Gasteiger partial charge in [0.2, 0.25) is 0 Å². The highest BCUT2D eigenvalue weighted by atomic mass is 35.5. The summed E-state index contributed by atoms with van der Waals surface area (Å²) in [5.41, 5.74) is 0. The Morgan fingerprint density at radius 2 is 1.04 bits per heavy atom. The van der Waals surface area contributed by atoms with Crippen molar-refractivity contribution in [3.05, 3.63) is 58.6 Å². The number of amides is 2. The van der Waals surface area contributed by atoms with Crippen molar-refractivity contribution in [2.45, 2.75) is 12.8 Å². The van der Waals surface area contributed by atoms with Crippen molar-refractivity contribution in [3.8, 4) is 11.5 Å². The Hall–Kier alpha value is -2.44. The summed E-state index contributed by atoms with van der Waals surface area (Å²) < 4.78 is 10.7. The van der Waals surface area contributed by atoms with E-state index in [1.807, 2.05) is 0 Å². The molecule has 0 saturated carbocycles. The number of carbonyl (C=O) groups excluding carboxylic acids is 2. The van der Waals surface area contributed by atoms with Crippen LogP contribution in [0.3, 0.4) is 0 Å². The van der Waals surface area contributed by atoms with Gasteiger partial charge in [-0.1, -0.05) is 23.2 Å². The number of hydrogen-bond acceptors (Lipinski definition) is 4. The molecule has 0 aromatic heterocycles. The molecule has 0 atom stereocenters. The molecule has 0 unspecified atom stereocenters. The molecule has 0 saturated heterocycles. The molecule has 0 bridgehead atoms. The minimum atomic E-state index is -0.199. The predicted molar refractivity (Wildman–Crippen MR) is 109 cm³/mol. The Morgan fingerprint density at radius 3 is 1.39 bits per heavy atom. The fourth-order valence-corrected chi connectivity index (χ4v) is 2.42. The molecule has 2 rings (SSSR count). The molecule has 8 heteroatoms. The summed E-state index contributed by atoms with van der Waals surface area (Å²) in [5, 5.41) is 6.75. The normalized spacial score (nSPS) is 10.2. The molecule has 0 aliphatic heterocycles. The van der Waals surface area contributed by atoms with Crippen LogP contribution in [0.25, 0.3) is 0 Å². The van der Waals surface area contributed by atoms with Gasteiger partial charge < -0.3 is 20.1 Å². The van der Waals surface area contributed by atoms with E-state index in [0.29, 0.717) is 34.6 Å². The van der Waals surface area contributed by atoms with E-state index in [-0.39, 0.29) is 25.0 Å². The van der Waals surface area contributed by atoms with Crippen LogP contribution in [-0.2, 0) is 9.59 Å². The second-order valence-corrected chi connectivity index (χ2v) is 6.77. The van der Waals surface area contributed by atoms with Crippen LogP contribution in [0.2, 0.25) is 10.0 Å². The van der Waals surface area contributed by atoms with Gasteiger partial charge >= 0.3 is 0 Å². The Morgan fingerprint density at radius 1 is 0.679 bits per heavy atom. The molecule has 0 fully saturated rings. The van der Waals surface area contributed by atoms with E-state index in [0.717, 1.165) is 12.8 Å². The zero-order chi connectivity index (χ0) is 20.2. The number of rotatable bonds is 11. The molecule has 2 aromatic rings. The van der Waals surface area contributed by atoms with E-state index >= 15 is 0 Å². The first kappa shape index (κ1) is 21.9. The van der Waals surface area contributed by atoms with Crippen molar-refractivity contribution >= 4 is 35.0 Å². The molecule has 28 heavy (non-hydrogen) atoms. The standard InChI is InChI=1S/C20H22Cl2N2O4/c21-15-3-7-17(8-4-15)27-13-19(25)23-11-1-2-12-24-20(26)14-28-18-9-5-16(22)6-10-18/h3-10H,1-2,11-14H2,(H,23,25)(H,24,26). The van der Waals surface area contributed by atoms with E-state index in [1.165, 1.54) is 0 Å². The lowest BCUT2D eigenvalue weighted by Crippen LogP contribution is -2.32. The number of hydrogen-bond donors (Lipinski definition) is 2. The Bertz CT molecular complexity index is 686. The maximum atomic E-state index is 11.7. The first-order valence-electron chi connectivity index (χ1n) is 8.83. The summed E-state index contributed by atoms with van der Waals surface area (Å²) in [5.74, 6) is 0.775. The fraction of sp³-hybridized carbons (Fsp3) is 0.300. The third-order valence-electron chi connectivity index (χ3n) is 3.62. The van der Waals surface area contributed by atoms with Crippen LogP contribution in [0.1, 0.15) is 12.8 Å². The van der Waals surface area contributed by atoms with Gasteiger partial charge in [-0.3, -0.25) is 9.59 Å². The number of benzene rings is 2. The second kappa shape index (κ2) is 12.1. The molecule has 0 heterocycles. The van der Waals surface area contributed by atoms with Gasteiger partial charge in [-0.25, -0.2) is 0 Å². The predicted octanol–water partition coefficient (Wildman–Crippen LogP) is 3.46. The minimum Gasteiger partial charge on any atom is -0.484 e. The van der Waals surface area contributed by atoms with Crippen LogP contribution < -0.4 is 20.1 Å². The van der Waals surface area contributed by atoms with Crippen molar-refractivity contribution in [1.82, 2.24) is 10.6 Å². The first-order chi connectivity index (χ1) is 13.5. The van der Waals surface area contributed by atoms with Crippen LogP contribution in [0, 0.1) is 0 Å². The van der Waals surface area contributed by atoms with Gasteiger partial charge in [-0.15, -0.1) is 0 Å². The largest absolute Gasteiger partial charge is 0.484 e. The van der Waals surface area contributed by atoms with Gasteiger partial charge in [-0.05, 0) is 61.4 Å². The lowest BCUT2D eigenvalue weighted by molar-refractivity contribution is -0.124. The summed E-state index contributed by atoms with van der Waals surface area (Å²) in [6, 6.07) is 13.6. The first-order valence-corrected chi connectivity index (χ1v) is 9.58. The maximum Gasteiger partial charge on any atom is 0.257 e. The van der Waals surface area contributed by atoms with E-state index in [2.05, 4.69) is 10.6 Å². The lowest BCUT2D eigenvalue weighted by Gasteiger charge is -2.09. The Balaban J connectivity index is 1.47. The molecule has 150 valence electrons. The van der Waals surface area contributed by atoms with Crippen molar-refractivity contribution in [1.29, 1.82) is 0 Å². The third-order valence-corrected chi connectivity index (χ3v) is 4.12. The van der Waals surface area contributed by atoms with Gasteiger partial charge in [0.25, 0.3) is 11.8 Å².